The fourth-order valence-corrected chi connectivity index (χ4v) is 5.49. The Morgan fingerprint density at radius 3 is 2.34 bits per heavy atom. The maximum absolute atomic E-state index is 13.7. The average molecular weight is 532 g/mol. The molecule has 3 aliphatic heterocycles. The Morgan fingerprint density at radius 1 is 1.05 bits per heavy atom. The lowest BCUT2D eigenvalue weighted by molar-refractivity contribution is -0.137. The average Bonchev–Trinajstić information content (AvgIpc) is 3.33. The standard InChI is InChI=1S/C28H42FN5O4/c1-28(2,3)19-25(35)33(13-12-31-14-16-38-17-15-31)23-18-24(27(37)32-10-8-30-9-11-32)34(20-23)26(36)21-4-6-22(29)7-5-21/h4-7,23-24,30H,8-20H2,1-3H3. The van der Waals surface area contributed by atoms with Gasteiger partial charge in [-0.3, -0.25) is 19.3 Å². The highest BCUT2D eigenvalue weighted by atomic mass is 19.1. The van der Waals surface area contributed by atoms with Crippen molar-refractivity contribution in [1.82, 2.24) is 24.9 Å². The smallest absolute Gasteiger partial charge is 0.254 e. The van der Waals surface area contributed by atoms with Crippen LogP contribution in [-0.4, -0.2) is 122 Å². The summed E-state index contributed by atoms with van der Waals surface area (Å²) in [4.78, 5) is 48.5. The topological polar surface area (TPSA) is 85.4 Å². The molecule has 3 fully saturated rings. The summed E-state index contributed by atoms with van der Waals surface area (Å²) in [7, 11) is 0. The minimum atomic E-state index is -0.663. The van der Waals surface area contributed by atoms with E-state index >= 15 is 0 Å². The first kappa shape index (κ1) is 28.4. The van der Waals surface area contributed by atoms with Crippen LogP contribution >= 0.6 is 0 Å². The molecule has 1 aromatic carbocycles. The number of carbonyl (C=O) groups excluding carboxylic acids is 3. The number of halogens is 1. The number of morpholine rings is 1. The van der Waals surface area contributed by atoms with E-state index in [2.05, 4.69) is 10.2 Å². The molecule has 3 heterocycles. The van der Waals surface area contributed by atoms with Crippen LogP contribution in [0.5, 0.6) is 0 Å². The lowest BCUT2D eigenvalue weighted by atomic mass is 9.91. The molecule has 0 bridgehead atoms. The molecule has 38 heavy (non-hydrogen) atoms. The van der Waals surface area contributed by atoms with E-state index in [-0.39, 0.29) is 35.7 Å². The zero-order valence-electron chi connectivity index (χ0n) is 23.0. The second-order valence-corrected chi connectivity index (χ2v) is 11.7. The van der Waals surface area contributed by atoms with Crippen LogP contribution in [0, 0.1) is 11.2 Å². The Hall–Kier alpha value is -2.56. The third-order valence-electron chi connectivity index (χ3n) is 7.55. The number of piperazine rings is 1. The van der Waals surface area contributed by atoms with E-state index in [0.29, 0.717) is 64.3 Å². The number of benzene rings is 1. The minimum absolute atomic E-state index is 0.0419. The summed E-state index contributed by atoms with van der Waals surface area (Å²) in [5, 5.41) is 3.26. The number of likely N-dealkylation sites (tertiary alicyclic amines) is 1. The van der Waals surface area contributed by atoms with Gasteiger partial charge in [0.15, 0.2) is 0 Å². The molecule has 3 aliphatic rings. The summed E-state index contributed by atoms with van der Waals surface area (Å²) in [6.07, 6.45) is 0.781. The Labute approximate surface area is 225 Å². The van der Waals surface area contributed by atoms with E-state index in [1.54, 1.807) is 4.90 Å². The third kappa shape index (κ3) is 7.30. The van der Waals surface area contributed by atoms with Gasteiger partial charge in [0.25, 0.3) is 5.91 Å². The van der Waals surface area contributed by atoms with Crippen LogP contribution in [0.15, 0.2) is 24.3 Å². The van der Waals surface area contributed by atoms with Gasteiger partial charge in [-0.05, 0) is 36.1 Å². The fourth-order valence-electron chi connectivity index (χ4n) is 5.49. The number of rotatable bonds is 7. The molecule has 4 rings (SSSR count). The first-order valence-corrected chi connectivity index (χ1v) is 13.8. The third-order valence-corrected chi connectivity index (χ3v) is 7.55. The Morgan fingerprint density at radius 2 is 1.71 bits per heavy atom. The number of nitrogens with one attached hydrogen (secondary N) is 1. The summed E-state index contributed by atoms with van der Waals surface area (Å²) in [5.41, 5.74) is 0.151. The zero-order valence-corrected chi connectivity index (χ0v) is 23.0. The number of hydrogen-bond donors (Lipinski definition) is 1. The minimum Gasteiger partial charge on any atom is -0.379 e. The van der Waals surface area contributed by atoms with Crippen molar-refractivity contribution in [2.75, 3.05) is 72.1 Å². The molecule has 2 unspecified atom stereocenters. The molecule has 210 valence electrons. The molecule has 1 N–H and O–H groups in total. The Balaban J connectivity index is 1.58. The molecule has 3 saturated heterocycles. The van der Waals surface area contributed by atoms with Gasteiger partial charge in [0.2, 0.25) is 11.8 Å². The molecule has 3 amide bonds. The lowest BCUT2D eigenvalue weighted by Gasteiger charge is -2.34. The van der Waals surface area contributed by atoms with Crippen molar-refractivity contribution in [2.24, 2.45) is 5.41 Å². The molecular formula is C28H42FN5O4. The first-order valence-electron chi connectivity index (χ1n) is 13.8. The van der Waals surface area contributed by atoms with Gasteiger partial charge in [-0.25, -0.2) is 4.39 Å². The molecule has 10 heteroatoms. The molecule has 0 radical (unpaired) electrons. The maximum Gasteiger partial charge on any atom is 0.254 e. The second-order valence-electron chi connectivity index (χ2n) is 11.7. The van der Waals surface area contributed by atoms with E-state index < -0.39 is 11.9 Å². The summed E-state index contributed by atoms with van der Waals surface area (Å²) in [5.74, 6) is -0.769. The molecule has 0 saturated carbocycles. The van der Waals surface area contributed by atoms with Gasteiger partial charge in [0.05, 0.1) is 19.3 Å². The Kier molecular flexibility index (Phi) is 9.38. The predicted molar refractivity (Wildman–Crippen MR) is 142 cm³/mol. The normalized spacial score (nSPS) is 22.9. The van der Waals surface area contributed by atoms with Crippen LogP contribution in [0.3, 0.4) is 0 Å². The van der Waals surface area contributed by atoms with Gasteiger partial charge in [0.1, 0.15) is 11.9 Å². The SMILES string of the molecule is CC(C)(C)CC(=O)N(CCN1CCOCC1)C1CC(C(=O)N2CCNCC2)N(C(=O)c2ccc(F)cc2)C1. The lowest BCUT2D eigenvalue weighted by Crippen LogP contribution is -2.53. The summed E-state index contributed by atoms with van der Waals surface area (Å²) < 4.78 is 19.0. The number of carbonyl (C=O) groups is 3. The van der Waals surface area contributed by atoms with Crippen LogP contribution < -0.4 is 5.32 Å². The first-order chi connectivity index (χ1) is 18.1. The molecule has 2 atom stereocenters. The van der Waals surface area contributed by atoms with E-state index in [0.717, 1.165) is 19.6 Å². The van der Waals surface area contributed by atoms with Crippen LogP contribution in [0.2, 0.25) is 0 Å². The van der Waals surface area contributed by atoms with E-state index in [4.69, 9.17) is 4.74 Å². The molecule has 0 spiro atoms. The molecule has 0 aliphatic carbocycles. The summed E-state index contributed by atoms with van der Waals surface area (Å²) in [6.45, 7) is 13.3. The number of hydrogen-bond acceptors (Lipinski definition) is 6. The van der Waals surface area contributed by atoms with Crippen molar-refractivity contribution in [1.29, 1.82) is 0 Å². The quantitative estimate of drug-likeness (QED) is 0.573. The fraction of sp³-hybridized carbons (Fsp3) is 0.679. The largest absolute Gasteiger partial charge is 0.379 e. The van der Waals surface area contributed by atoms with Gasteiger partial charge in [-0.15, -0.1) is 0 Å². The van der Waals surface area contributed by atoms with Gasteiger partial charge in [-0.2, -0.15) is 0 Å². The van der Waals surface area contributed by atoms with Gasteiger partial charge >= 0.3 is 0 Å². The van der Waals surface area contributed by atoms with Crippen LogP contribution in [-0.2, 0) is 14.3 Å². The van der Waals surface area contributed by atoms with Crippen molar-refractivity contribution < 1.29 is 23.5 Å². The maximum atomic E-state index is 13.7. The van der Waals surface area contributed by atoms with Crippen molar-refractivity contribution in [2.45, 2.75) is 45.7 Å². The highest BCUT2D eigenvalue weighted by molar-refractivity contribution is 5.98. The highest BCUT2D eigenvalue weighted by Gasteiger charge is 2.45. The zero-order chi connectivity index (χ0) is 27.3. The number of ether oxygens (including phenoxy) is 1. The van der Waals surface area contributed by atoms with Gasteiger partial charge in [0, 0.05) is 70.9 Å². The predicted octanol–water partition coefficient (Wildman–Crippen LogP) is 1.44. The number of nitrogens with zero attached hydrogens (tertiary/aromatic N) is 4. The number of amides is 3. The van der Waals surface area contributed by atoms with E-state index in [1.165, 1.54) is 24.3 Å². The van der Waals surface area contributed by atoms with E-state index in [1.807, 2.05) is 30.6 Å². The van der Waals surface area contributed by atoms with Crippen molar-refractivity contribution >= 4 is 17.7 Å². The van der Waals surface area contributed by atoms with E-state index in [9.17, 15) is 18.8 Å². The van der Waals surface area contributed by atoms with Crippen LogP contribution in [0.4, 0.5) is 4.39 Å². The van der Waals surface area contributed by atoms with Gasteiger partial charge < -0.3 is 24.8 Å². The Bertz CT molecular complexity index is 970. The summed E-state index contributed by atoms with van der Waals surface area (Å²) in [6, 6.07) is 4.50. The molecule has 1 aromatic rings. The van der Waals surface area contributed by atoms with Gasteiger partial charge in [-0.1, -0.05) is 20.8 Å². The second kappa shape index (κ2) is 12.5. The van der Waals surface area contributed by atoms with Crippen molar-refractivity contribution in [3.05, 3.63) is 35.6 Å². The highest BCUT2D eigenvalue weighted by Crippen LogP contribution is 2.29. The molecule has 9 nitrogen and oxygen atoms in total. The summed E-state index contributed by atoms with van der Waals surface area (Å²) >= 11 is 0. The van der Waals surface area contributed by atoms with Crippen molar-refractivity contribution in [3.63, 3.8) is 0 Å². The van der Waals surface area contributed by atoms with Crippen LogP contribution in [0.25, 0.3) is 0 Å². The monoisotopic (exact) mass is 531 g/mol. The van der Waals surface area contributed by atoms with Crippen LogP contribution in [0.1, 0.15) is 44.0 Å². The molecule has 0 aromatic heterocycles. The molecular weight excluding hydrogens is 489 g/mol. The van der Waals surface area contributed by atoms with Crippen molar-refractivity contribution in [3.8, 4) is 0 Å².